The molecule has 0 aromatic heterocycles. The fourth-order valence-electron chi connectivity index (χ4n) is 3.81. The molecule has 3 unspecified atom stereocenters. The van der Waals surface area contributed by atoms with Crippen LogP contribution in [0.2, 0.25) is 0 Å². The highest BCUT2D eigenvalue weighted by molar-refractivity contribution is 5.39. The number of fused-ring (bicyclic) bond motifs is 1. The molecule has 1 heterocycles. The highest BCUT2D eigenvalue weighted by Crippen LogP contribution is 2.40. The molecule has 2 nitrogen and oxygen atoms in total. The lowest BCUT2D eigenvalue weighted by atomic mass is 9.78. The first-order valence-corrected chi connectivity index (χ1v) is 7.83. The van der Waals surface area contributed by atoms with Crippen molar-refractivity contribution in [1.29, 1.82) is 0 Å². The largest absolute Gasteiger partial charge is 0.493 e. The lowest BCUT2D eigenvalue weighted by molar-refractivity contribution is 0.224. The zero-order valence-corrected chi connectivity index (χ0v) is 11.9. The van der Waals surface area contributed by atoms with Crippen molar-refractivity contribution in [3.05, 3.63) is 29.8 Å². The van der Waals surface area contributed by atoms with E-state index in [1.165, 1.54) is 37.7 Å². The van der Waals surface area contributed by atoms with Gasteiger partial charge in [0.15, 0.2) is 0 Å². The minimum absolute atomic E-state index is 0.612. The number of hydrogen-bond acceptors (Lipinski definition) is 2. The van der Waals surface area contributed by atoms with E-state index in [1.807, 2.05) is 0 Å². The number of para-hydroxylation sites is 1. The highest BCUT2D eigenvalue weighted by Gasteiger charge is 2.31. The van der Waals surface area contributed by atoms with Gasteiger partial charge in [-0.25, -0.2) is 0 Å². The van der Waals surface area contributed by atoms with Gasteiger partial charge in [-0.3, -0.25) is 0 Å². The van der Waals surface area contributed by atoms with Crippen molar-refractivity contribution in [3.8, 4) is 5.75 Å². The maximum Gasteiger partial charge on any atom is 0.122 e. The molecular weight excluding hydrogens is 234 g/mol. The molecule has 104 valence electrons. The summed E-state index contributed by atoms with van der Waals surface area (Å²) in [4.78, 5) is 0. The van der Waals surface area contributed by atoms with Gasteiger partial charge in [-0.2, -0.15) is 0 Å². The average molecular weight is 259 g/mol. The van der Waals surface area contributed by atoms with Crippen molar-refractivity contribution in [2.45, 2.75) is 51.0 Å². The Hall–Kier alpha value is -1.02. The zero-order valence-electron chi connectivity index (χ0n) is 11.9. The molecule has 1 aromatic carbocycles. The van der Waals surface area contributed by atoms with E-state index in [-0.39, 0.29) is 0 Å². The fourth-order valence-corrected chi connectivity index (χ4v) is 3.81. The van der Waals surface area contributed by atoms with Crippen LogP contribution < -0.4 is 10.1 Å². The number of hydrogen-bond donors (Lipinski definition) is 1. The Balaban J connectivity index is 1.67. The summed E-state index contributed by atoms with van der Waals surface area (Å²) in [6.07, 6.45) is 6.83. The van der Waals surface area contributed by atoms with Crippen LogP contribution in [-0.2, 0) is 0 Å². The molecule has 3 atom stereocenters. The van der Waals surface area contributed by atoms with Crippen LogP contribution in [0.1, 0.15) is 50.5 Å². The minimum Gasteiger partial charge on any atom is -0.493 e. The van der Waals surface area contributed by atoms with Gasteiger partial charge in [0.1, 0.15) is 5.75 Å². The maximum atomic E-state index is 5.83. The SMILES string of the molecule is CCNC1CCCCC1CC1COc2ccccc21. The molecule has 1 aliphatic heterocycles. The molecule has 0 amide bonds. The van der Waals surface area contributed by atoms with Crippen LogP contribution in [0, 0.1) is 5.92 Å². The van der Waals surface area contributed by atoms with Gasteiger partial charge in [-0.15, -0.1) is 0 Å². The first-order valence-electron chi connectivity index (χ1n) is 7.83. The van der Waals surface area contributed by atoms with E-state index in [4.69, 9.17) is 4.74 Å². The molecule has 2 heteroatoms. The molecule has 1 aliphatic carbocycles. The topological polar surface area (TPSA) is 21.3 Å². The van der Waals surface area contributed by atoms with Crippen LogP contribution in [-0.4, -0.2) is 19.2 Å². The van der Waals surface area contributed by atoms with Crippen LogP contribution in [0.5, 0.6) is 5.75 Å². The highest BCUT2D eigenvalue weighted by atomic mass is 16.5. The van der Waals surface area contributed by atoms with E-state index < -0.39 is 0 Å². The van der Waals surface area contributed by atoms with Crippen molar-refractivity contribution in [1.82, 2.24) is 5.32 Å². The van der Waals surface area contributed by atoms with Crippen molar-refractivity contribution >= 4 is 0 Å². The molecule has 1 fully saturated rings. The molecule has 0 spiro atoms. The van der Waals surface area contributed by atoms with Gasteiger partial charge < -0.3 is 10.1 Å². The molecule has 1 N–H and O–H groups in total. The van der Waals surface area contributed by atoms with Gasteiger partial charge in [0.2, 0.25) is 0 Å². The van der Waals surface area contributed by atoms with Gasteiger partial charge in [-0.1, -0.05) is 38.0 Å². The number of ether oxygens (including phenoxy) is 1. The summed E-state index contributed by atoms with van der Waals surface area (Å²) in [6, 6.07) is 9.30. The molecular formula is C17H25NO. The van der Waals surface area contributed by atoms with Crippen LogP contribution >= 0.6 is 0 Å². The Kier molecular flexibility index (Phi) is 4.07. The summed E-state index contributed by atoms with van der Waals surface area (Å²) >= 11 is 0. The summed E-state index contributed by atoms with van der Waals surface area (Å²) in [5.74, 6) is 2.55. The number of rotatable bonds is 4. The van der Waals surface area contributed by atoms with Crippen molar-refractivity contribution < 1.29 is 4.74 Å². The summed E-state index contributed by atoms with van der Waals surface area (Å²) in [5.41, 5.74) is 1.43. The molecule has 0 bridgehead atoms. The maximum absolute atomic E-state index is 5.83. The summed E-state index contributed by atoms with van der Waals surface area (Å²) < 4.78 is 5.83. The third kappa shape index (κ3) is 2.79. The number of benzene rings is 1. The van der Waals surface area contributed by atoms with E-state index >= 15 is 0 Å². The van der Waals surface area contributed by atoms with E-state index in [1.54, 1.807) is 0 Å². The molecule has 19 heavy (non-hydrogen) atoms. The smallest absolute Gasteiger partial charge is 0.122 e. The second kappa shape index (κ2) is 5.96. The first-order chi connectivity index (χ1) is 9.38. The second-order valence-corrected chi connectivity index (χ2v) is 5.99. The standard InChI is InChI=1S/C17H25NO/c1-2-18-16-9-5-3-7-13(16)11-14-12-19-17-10-6-4-8-15(14)17/h4,6,8,10,13-14,16,18H,2-3,5,7,9,11-12H2,1H3. The predicted octanol–water partition coefficient (Wildman–Crippen LogP) is 3.72. The van der Waals surface area contributed by atoms with Gasteiger partial charge in [0, 0.05) is 17.5 Å². The Morgan fingerprint density at radius 2 is 2.05 bits per heavy atom. The third-order valence-corrected chi connectivity index (χ3v) is 4.76. The van der Waals surface area contributed by atoms with E-state index in [9.17, 15) is 0 Å². The third-order valence-electron chi connectivity index (χ3n) is 4.76. The lowest BCUT2D eigenvalue weighted by Crippen LogP contribution is -2.39. The Morgan fingerprint density at radius 3 is 2.95 bits per heavy atom. The van der Waals surface area contributed by atoms with Crippen LogP contribution in [0.25, 0.3) is 0 Å². The Labute approximate surface area is 116 Å². The molecule has 2 aliphatic rings. The van der Waals surface area contributed by atoms with Crippen LogP contribution in [0.4, 0.5) is 0 Å². The zero-order chi connectivity index (χ0) is 13.1. The molecule has 1 saturated carbocycles. The minimum atomic E-state index is 0.612. The van der Waals surface area contributed by atoms with Crippen molar-refractivity contribution in [3.63, 3.8) is 0 Å². The van der Waals surface area contributed by atoms with Crippen molar-refractivity contribution in [2.24, 2.45) is 5.92 Å². The van der Waals surface area contributed by atoms with Crippen LogP contribution in [0.15, 0.2) is 24.3 Å². The molecule has 0 radical (unpaired) electrons. The van der Waals surface area contributed by atoms with Gasteiger partial charge in [0.05, 0.1) is 6.61 Å². The van der Waals surface area contributed by atoms with Crippen LogP contribution in [0.3, 0.4) is 0 Å². The van der Waals surface area contributed by atoms with Gasteiger partial charge in [-0.05, 0) is 37.8 Å². The molecule has 0 saturated heterocycles. The Morgan fingerprint density at radius 1 is 1.21 bits per heavy atom. The number of nitrogens with one attached hydrogen (secondary N) is 1. The Bertz CT molecular complexity index is 415. The second-order valence-electron chi connectivity index (χ2n) is 5.99. The molecule has 3 rings (SSSR count). The van der Waals surface area contributed by atoms with Gasteiger partial charge >= 0.3 is 0 Å². The molecule has 1 aromatic rings. The average Bonchev–Trinajstić information content (AvgIpc) is 2.85. The summed E-state index contributed by atoms with van der Waals surface area (Å²) in [5, 5.41) is 3.69. The van der Waals surface area contributed by atoms with Gasteiger partial charge in [0.25, 0.3) is 0 Å². The first kappa shape index (κ1) is 13.0. The summed E-state index contributed by atoms with van der Waals surface area (Å²) in [6.45, 7) is 4.20. The van der Waals surface area contributed by atoms with E-state index in [2.05, 4.69) is 36.5 Å². The van der Waals surface area contributed by atoms with E-state index in [0.717, 1.165) is 30.9 Å². The van der Waals surface area contributed by atoms with Crippen molar-refractivity contribution in [2.75, 3.05) is 13.2 Å². The fraction of sp³-hybridized carbons (Fsp3) is 0.647. The quantitative estimate of drug-likeness (QED) is 0.889. The lowest BCUT2D eigenvalue weighted by Gasteiger charge is -2.33. The monoisotopic (exact) mass is 259 g/mol. The summed E-state index contributed by atoms with van der Waals surface area (Å²) in [7, 11) is 0. The predicted molar refractivity (Wildman–Crippen MR) is 78.7 cm³/mol. The normalized spacial score (nSPS) is 29.8. The van der Waals surface area contributed by atoms with E-state index in [0.29, 0.717) is 5.92 Å².